The molecule has 3 amide bonds. The van der Waals surface area contributed by atoms with Gasteiger partial charge in [0.1, 0.15) is 18.1 Å². The highest BCUT2D eigenvalue weighted by Gasteiger charge is 2.32. The van der Waals surface area contributed by atoms with Crippen molar-refractivity contribution in [1.29, 1.82) is 0 Å². The van der Waals surface area contributed by atoms with Gasteiger partial charge in [0.15, 0.2) is 0 Å². The normalized spacial score (nSPS) is 15.1. The van der Waals surface area contributed by atoms with Gasteiger partial charge in [-0.1, -0.05) is 64.4 Å². The fourth-order valence-corrected chi connectivity index (χ4v) is 3.99. The van der Waals surface area contributed by atoms with Gasteiger partial charge in [-0.05, 0) is 23.8 Å². The lowest BCUT2D eigenvalue weighted by molar-refractivity contribution is -0.143. The van der Waals surface area contributed by atoms with E-state index in [9.17, 15) is 24.3 Å². The molecule has 38 heavy (non-hydrogen) atoms. The zero-order valence-electron chi connectivity index (χ0n) is 22.4. The van der Waals surface area contributed by atoms with Crippen LogP contribution in [0, 0.1) is 11.8 Å². The summed E-state index contributed by atoms with van der Waals surface area (Å²) in [5, 5.41) is 17.7. The molecule has 11 nitrogen and oxygen atoms in total. The Hall–Kier alpha value is -3.73. The van der Waals surface area contributed by atoms with Crippen LogP contribution in [0.25, 0.3) is 0 Å². The maximum atomic E-state index is 13.5. The van der Waals surface area contributed by atoms with Crippen molar-refractivity contribution >= 4 is 23.7 Å². The predicted molar refractivity (Wildman–Crippen MR) is 143 cm³/mol. The molecule has 0 spiro atoms. The van der Waals surface area contributed by atoms with Gasteiger partial charge in [0.05, 0.1) is 12.4 Å². The molecule has 0 aliphatic carbocycles. The monoisotopic (exact) mass is 528 g/mol. The summed E-state index contributed by atoms with van der Waals surface area (Å²) in [7, 11) is 0. The third-order valence-corrected chi connectivity index (χ3v) is 6.37. The van der Waals surface area contributed by atoms with E-state index in [1.54, 1.807) is 6.92 Å². The summed E-state index contributed by atoms with van der Waals surface area (Å²) in [6.45, 7) is 7.46. The summed E-state index contributed by atoms with van der Waals surface area (Å²) in [5.41, 5.74) is 7.41. The van der Waals surface area contributed by atoms with Crippen LogP contribution < -0.4 is 21.7 Å². The molecule has 0 aliphatic rings. The second kappa shape index (κ2) is 14.9. The molecule has 5 atom stereocenters. The van der Waals surface area contributed by atoms with E-state index in [2.05, 4.69) is 25.9 Å². The molecular weight excluding hydrogens is 488 g/mol. The van der Waals surface area contributed by atoms with Crippen LogP contribution >= 0.6 is 0 Å². The van der Waals surface area contributed by atoms with Crippen molar-refractivity contribution in [2.75, 3.05) is 0 Å². The number of benzene rings is 1. The Balaban J connectivity index is 2.28. The fraction of sp³-hybridized carbons (Fsp3) is 0.519. The number of nitrogens with one attached hydrogen (secondary N) is 4. The van der Waals surface area contributed by atoms with E-state index in [0.717, 1.165) is 5.56 Å². The molecule has 0 aliphatic heterocycles. The maximum absolute atomic E-state index is 13.5. The molecule has 2 rings (SSSR count). The second-order valence-corrected chi connectivity index (χ2v) is 10.0. The lowest BCUT2D eigenvalue weighted by Gasteiger charge is -2.26. The molecule has 0 fully saturated rings. The molecule has 0 radical (unpaired) electrons. The summed E-state index contributed by atoms with van der Waals surface area (Å²) in [6, 6.07) is 5.02. The first-order valence-electron chi connectivity index (χ1n) is 12.9. The van der Waals surface area contributed by atoms with Crippen molar-refractivity contribution in [1.82, 2.24) is 25.9 Å². The molecule has 1 aromatic heterocycles. The minimum absolute atomic E-state index is 0.0935. The third kappa shape index (κ3) is 9.62. The average Bonchev–Trinajstić information content (AvgIpc) is 3.39. The average molecular weight is 529 g/mol. The highest BCUT2D eigenvalue weighted by Crippen LogP contribution is 2.11. The third-order valence-electron chi connectivity index (χ3n) is 6.37. The van der Waals surface area contributed by atoms with Crippen molar-refractivity contribution < 1.29 is 24.3 Å². The van der Waals surface area contributed by atoms with E-state index < -0.39 is 47.9 Å². The largest absolute Gasteiger partial charge is 0.480 e. The van der Waals surface area contributed by atoms with Crippen LogP contribution in [0.1, 0.15) is 51.8 Å². The highest BCUT2D eigenvalue weighted by molar-refractivity contribution is 5.94. The Morgan fingerprint density at radius 1 is 0.947 bits per heavy atom. The van der Waals surface area contributed by atoms with Crippen LogP contribution in [0.2, 0.25) is 0 Å². The number of carboxylic acid groups (broad SMARTS) is 1. The van der Waals surface area contributed by atoms with Gasteiger partial charge in [-0.2, -0.15) is 0 Å². The standard InChI is InChI=1S/C27H40N6O5/c1-5-17(4)23(27(37)38)33-26(36)21(12-18-9-7-6-8-10-18)32-25(35)22(13-19-14-29-15-30-19)31-24(34)20(28)11-16(2)3/h6-10,14-17,20-23H,5,11-13,28H2,1-4H3,(H,29,30)(H,31,34)(H,32,35)(H,33,36)(H,37,38). The van der Waals surface area contributed by atoms with Crippen molar-refractivity contribution in [3.05, 3.63) is 54.1 Å². The molecule has 0 saturated heterocycles. The first kappa shape index (κ1) is 30.5. The van der Waals surface area contributed by atoms with Crippen LogP contribution in [0.3, 0.4) is 0 Å². The number of H-pyrrole nitrogens is 1. The topological polar surface area (TPSA) is 179 Å². The molecule has 1 heterocycles. The Bertz CT molecular complexity index is 1040. The summed E-state index contributed by atoms with van der Waals surface area (Å²) in [4.78, 5) is 58.2. The number of rotatable bonds is 15. The number of hydrogen-bond donors (Lipinski definition) is 6. The van der Waals surface area contributed by atoms with Gasteiger partial charge < -0.3 is 31.8 Å². The van der Waals surface area contributed by atoms with Crippen LogP contribution in [0.15, 0.2) is 42.9 Å². The smallest absolute Gasteiger partial charge is 0.326 e. The Morgan fingerprint density at radius 3 is 2.11 bits per heavy atom. The zero-order chi connectivity index (χ0) is 28.2. The number of aromatic amines is 1. The fourth-order valence-electron chi connectivity index (χ4n) is 3.99. The van der Waals surface area contributed by atoms with Crippen molar-refractivity contribution in [2.24, 2.45) is 17.6 Å². The molecule has 208 valence electrons. The van der Waals surface area contributed by atoms with Gasteiger partial charge in [-0.3, -0.25) is 14.4 Å². The quantitative estimate of drug-likeness (QED) is 0.201. The van der Waals surface area contributed by atoms with Crippen molar-refractivity contribution in [2.45, 2.75) is 77.5 Å². The number of nitrogens with two attached hydrogens (primary N) is 1. The van der Waals surface area contributed by atoms with Crippen molar-refractivity contribution in [3.8, 4) is 0 Å². The molecule has 0 bridgehead atoms. The Kier molecular flexibility index (Phi) is 11.9. The van der Waals surface area contributed by atoms with Gasteiger partial charge >= 0.3 is 5.97 Å². The van der Waals surface area contributed by atoms with E-state index in [0.29, 0.717) is 18.5 Å². The van der Waals surface area contributed by atoms with Crippen LogP contribution in [-0.4, -0.2) is 62.9 Å². The number of hydrogen-bond acceptors (Lipinski definition) is 6. The number of amides is 3. The summed E-state index contributed by atoms with van der Waals surface area (Å²) >= 11 is 0. The number of carboxylic acids is 1. The number of aromatic nitrogens is 2. The molecular formula is C27H40N6O5. The molecule has 0 saturated carbocycles. The number of carbonyl (C=O) groups excluding carboxylic acids is 3. The molecule has 1 aromatic carbocycles. The van der Waals surface area contributed by atoms with Crippen LogP contribution in [-0.2, 0) is 32.0 Å². The van der Waals surface area contributed by atoms with Gasteiger partial charge in [0.25, 0.3) is 0 Å². The first-order chi connectivity index (χ1) is 18.0. The Labute approximate surface area is 223 Å². The van der Waals surface area contributed by atoms with E-state index in [4.69, 9.17) is 5.73 Å². The lowest BCUT2D eigenvalue weighted by atomic mass is 9.98. The zero-order valence-corrected chi connectivity index (χ0v) is 22.4. The SMILES string of the molecule is CCC(C)C(NC(=O)C(Cc1ccccc1)NC(=O)C(Cc1cnc[nH]1)NC(=O)C(N)CC(C)C)C(=O)O. The predicted octanol–water partition coefficient (Wildman–Crippen LogP) is 1.15. The highest BCUT2D eigenvalue weighted by atomic mass is 16.4. The summed E-state index contributed by atoms with van der Waals surface area (Å²) < 4.78 is 0. The maximum Gasteiger partial charge on any atom is 0.326 e. The number of imidazole rings is 1. The van der Waals surface area contributed by atoms with E-state index in [1.807, 2.05) is 51.1 Å². The summed E-state index contributed by atoms with van der Waals surface area (Å²) in [5.74, 6) is -3.00. The summed E-state index contributed by atoms with van der Waals surface area (Å²) in [6.07, 6.45) is 4.21. The molecule has 11 heteroatoms. The van der Waals surface area contributed by atoms with E-state index >= 15 is 0 Å². The van der Waals surface area contributed by atoms with Crippen molar-refractivity contribution in [3.63, 3.8) is 0 Å². The first-order valence-corrected chi connectivity index (χ1v) is 12.9. The second-order valence-electron chi connectivity index (χ2n) is 10.0. The number of aliphatic carboxylic acids is 1. The Morgan fingerprint density at radius 2 is 1.55 bits per heavy atom. The van der Waals surface area contributed by atoms with Crippen LogP contribution in [0.5, 0.6) is 0 Å². The van der Waals surface area contributed by atoms with Gasteiger partial charge in [-0.25, -0.2) is 9.78 Å². The van der Waals surface area contributed by atoms with E-state index in [1.165, 1.54) is 12.5 Å². The minimum atomic E-state index is -1.15. The van der Waals surface area contributed by atoms with Gasteiger partial charge in [0.2, 0.25) is 17.7 Å². The minimum Gasteiger partial charge on any atom is -0.480 e. The lowest BCUT2D eigenvalue weighted by Crippen LogP contribution is -2.58. The number of nitrogens with zero attached hydrogens (tertiary/aromatic N) is 1. The van der Waals surface area contributed by atoms with Crippen LogP contribution in [0.4, 0.5) is 0 Å². The van der Waals surface area contributed by atoms with Gasteiger partial charge in [0, 0.05) is 24.7 Å². The molecule has 5 unspecified atom stereocenters. The molecule has 7 N–H and O–H groups in total. The van der Waals surface area contributed by atoms with E-state index in [-0.39, 0.29) is 24.7 Å². The molecule has 2 aromatic rings. The number of carbonyl (C=O) groups is 4. The van der Waals surface area contributed by atoms with Gasteiger partial charge in [-0.15, -0.1) is 0 Å².